The highest BCUT2D eigenvalue weighted by Gasteiger charge is 2.13. The third-order valence-corrected chi connectivity index (χ3v) is 4.55. The van der Waals surface area contributed by atoms with Crippen LogP contribution in [0.1, 0.15) is 49.5 Å². The zero-order chi connectivity index (χ0) is 17.5. The quantitative estimate of drug-likeness (QED) is 0.780. The van der Waals surface area contributed by atoms with Crippen LogP contribution in [0.15, 0.2) is 48.5 Å². The predicted molar refractivity (Wildman–Crippen MR) is 100 cm³/mol. The van der Waals surface area contributed by atoms with Gasteiger partial charge < -0.3 is 10.6 Å². The first-order valence-corrected chi connectivity index (χ1v) is 8.75. The van der Waals surface area contributed by atoms with Gasteiger partial charge in [-0.2, -0.15) is 0 Å². The summed E-state index contributed by atoms with van der Waals surface area (Å²) in [5.41, 5.74) is 3.40. The van der Waals surface area contributed by atoms with E-state index in [0.717, 1.165) is 17.5 Å². The highest BCUT2D eigenvalue weighted by Crippen LogP contribution is 2.21. The molecule has 2 aromatic rings. The van der Waals surface area contributed by atoms with E-state index >= 15 is 0 Å². The lowest BCUT2D eigenvalue weighted by Gasteiger charge is -2.18. The van der Waals surface area contributed by atoms with Gasteiger partial charge in [-0.05, 0) is 43.0 Å². The van der Waals surface area contributed by atoms with Crippen molar-refractivity contribution in [2.75, 3.05) is 6.54 Å². The van der Waals surface area contributed by atoms with Gasteiger partial charge in [-0.1, -0.05) is 61.0 Å². The lowest BCUT2D eigenvalue weighted by molar-refractivity contribution is -0.121. The molecule has 0 saturated carbocycles. The van der Waals surface area contributed by atoms with Gasteiger partial charge in [0.2, 0.25) is 5.91 Å². The van der Waals surface area contributed by atoms with Crippen LogP contribution in [0.25, 0.3) is 0 Å². The fourth-order valence-corrected chi connectivity index (χ4v) is 2.90. The topological polar surface area (TPSA) is 41.1 Å². The maximum absolute atomic E-state index is 12.2. The molecular weight excluding hydrogens is 320 g/mol. The minimum atomic E-state index is -0.0269. The van der Waals surface area contributed by atoms with Gasteiger partial charge in [-0.25, -0.2) is 0 Å². The summed E-state index contributed by atoms with van der Waals surface area (Å²) in [6.07, 6.45) is 1.02. The SMILES string of the molecule is CCc1ccc(C(C)NC(=O)CNC(C)c2ccccc2Cl)cc1. The molecule has 0 saturated heterocycles. The molecule has 2 rings (SSSR count). The van der Waals surface area contributed by atoms with Crippen LogP contribution in [-0.4, -0.2) is 12.5 Å². The highest BCUT2D eigenvalue weighted by atomic mass is 35.5. The minimum Gasteiger partial charge on any atom is -0.348 e. The first kappa shape index (κ1) is 18.5. The van der Waals surface area contributed by atoms with Crippen molar-refractivity contribution in [3.63, 3.8) is 0 Å². The summed E-state index contributed by atoms with van der Waals surface area (Å²) >= 11 is 6.18. The maximum Gasteiger partial charge on any atom is 0.234 e. The van der Waals surface area contributed by atoms with Gasteiger partial charge in [0.1, 0.15) is 0 Å². The lowest BCUT2D eigenvalue weighted by atomic mass is 10.0. The first-order chi connectivity index (χ1) is 11.5. The number of hydrogen-bond acceptors (Lipinski definition) is 2. The van der Waals surface area contributed by atoms with E-state index in [1.807, 2.05) is 38.1 Å². The number of carbonyl (C=O) groups is 1. The van der Waals surface area contributed by atoms with Gasteiger partial charge >= 0.3 is 0 Å². The molecule has 0 spiro atoms. The number of hydrogen-bond donors (Lipinski definition) is 2. The van der Waals surface area contributed by atoms with Crippen LogP contribution in [0.5, 0.6) is 0 Å². The summed E-state index contributed by atoms with van der Waals surface area (Å²) < 4.78 is 0. The van der Waals surface area contributed by atoms with E-state index in [1.165, 1.54) is 5.56 Å². The molecule has 128 valence electrons. The molecule has 2 N–H and O–H groups in total. The maximum atomic E-state index is 12.2. The number of aryl methyl sites for hydroxylation is 1. The number of rotatable bonds is 7. The highest BCUT2D eigenvalue weighted by molar-refractivity contribution is 6.31. The van der Waals surface area contributed by atoms with Crippen molar-refractivity contribution in [1.82, 2.24) is 10.6 Å². The summed E-state index contributed by atoms with van der Waals surface area (Å²) in [6.45, 7) is 6.38. The smallest absolute Gasteiger partial charge is 0.234 e. The fraction of sp³-hybridized carbons (Fsp3) is 0.350. The third kappa shape index (κ3) is 5.08. The summed E-state index contributed by atoms with van der Waals surface area (Å²) in [5.74, 6) is -0.0269. The van der Waals surface area contributed by atoms with E-state index in [4.69, 9.17) is 11.6 Å². The largest absolute Gasteiger partial charge is 0.348 e. The number of carbonyl (C=O) groups excluding carboxylic acids is 1. The Labute approximate surface area is 149 Å². The molecule has 2 unspecified atom stereocenters. The Hall–Kier alpha value is -1.84. The Morgan fingerprint density at radius 3 is 2.33 bits per heavy atom. The van der Waals surface area contributed by atoms with Crippen molar-refractivity contribution in [2.24, 2.45) is 0 Å². The molecular formula is C20H25ClN2O. The van der Waals surface area contributed by atoms with E-state index in [1.54, 1.807) is 0 Å². The van der Waals surface area contributed by atoms with Crippen molar-refractivity contribution in [3.8, 4) is 0 Å². The summed E-state index contributed by atoms with van der Waals surface area (Å²) in [5, 5.41) is 6.95. The second-order valence-corrected chi connectivity index (χ2v) is 6.42. The van der Waals surface area contributed by atoms with Gasteiger partial charge in [0.05, 0.1) is 12.6 Å². The molecule has 1 amide bonds. The normalized spacial score (nSPS) is 13.3. The second-order valence-electron chi connectivity index (χ2n) is 6.01. The number of nitrogens with one attached hydrogen (secondary N) is 2. The third-order valence-electron chi connectivity index (χ3n) is 4.21. The minimum absolute atomic E-state index is 0.0131. The van der Waals surface area contributed by atoms with Crippen LogP contribution in [0.2, 0.25) is 5.02 Å². The van der Waals surface area contributed by atoms with Crippen LogP contribution in [0.4, 0.5) is 0 Å². The number of halogens is 1. The average Bonchev–Trinajstić information content (AvgIpc) is 2.60. The Bertz CT molecular complexity index is 670. The summed E-state index contributed by atoms with van der Waals surface area (Å²) in [7, 11) is 0. The van der Waals surface area contributed by atoms with E-state index in [9.17, 15) is 4.79 Å². The Morgan fingerprint density at radius 1 is 1.04 bits per heavy atom. The van der Waals surface area contributed by atoms with Gasteiger partial charge in [-0.15, -0.1) is 0 Å². The molecule has 3 nitrogen and oxygen atoms in total. The molecule has 0 fully saturated rings. The van der Waals surface area contributed by atoms with E-state index in [-0.39, 0.29) is 24.5 Å². The first-order valence-electron chi connectivity index (χ1n) is 8.37. The molecule has 0 aliphatic rings. The molecule has 2 atom stereocenters. The van der Waals surface area contributed by atoms with Gasteiger partial charge in [0, 0.05) is 11.1 Å². The van der Waals surface area contributed by atoms with E-state index in [0.29, 0.717) is 5.02 Å². The monoisotopic (exact) mass is 344 g/mol. The molecule has 24 heavy (non-hydrogen) atoms. The average molecular weight is 345 g/mol. The molecule has 2 aromatic carbocycles. The lowest BCUT2D eigenvalue weighted by Crippen LogP contribution is -2.36. The Kier molecular flexibility index (Phi) is 6.83. The van der Waals surface area contributed by atoms with Crippen LogP contribution in [0, 0.1) is 0 Å². The molecule has 4 heteroatoms. The summed E-state index contributed by atoms with van der Waals surface area (Å²) in [6, 6.07) is 16.0. The van der Waals surface area contributed by atoms with Crippen LogP contribution >= 0.6 is 11.6 Å². The molecule has 0 aliphatic carbocycles. The zero-order valence-electron chi connectivity index (χ0n) is 14.5. The van der Waals surface area contributed by atoms with Crippen molar-refractivity contribution in [2.45, 2.75) is 39.3 Å². The van der Waals surface area contributed by atoms with E-state index < -0.39 is 0 Å². The zero-order valence-corrected chi connectivity index (χ0v) is 15.2. The van der Waals surface area contributed by atoms with Gasteiger partial charge in [0.25, 0.3) is 0 Å². The van der Waals surface area contributed by atoms with Crippen molar-refractivity contribution >= 4 is 17.5 Å². The molecule has 0 radical (unpaired) electrons. The Morgan fingerprint density at radius 2 is 1.71 bits per heavy atom. The van der Waals surface area contributed by atoms with E-state index in [2.05, 4.69) is 41.8 Å². The Balaban J connectivity index is 1.85. The van der Waals surface area contributed by atoms with Crippen molar-refractivity contribution < 1.29 is 4.79 Å². The standard InChI is InChI=1S/C20H25ClN2O/c1-4-16-9-11-17(12-10-16)14(2)23-20(24)13-22-15(3)18-7-5-6-8-19(18)21/h5-12,14-15,22H,4,13H2,1-3H3,(H,23,24). The molecule has 0 aromatic heterocycles. The van der Waals surface area contributed by atoms with Crippen LogP contribution < -0.4 is 10.6 Å². The van der Waals surface area contributed by atoms with Gasteiger partial charge in [0.15, 0.2) is 0 Å². The van der Waals surface area contributed by atoms with Gasteiger partial charge in [-0.3, -0.25) is 4.79 Å². The molecule has 0 bridgehead atoms. The predicted octanol–water partition coefficient (Wildman–Crippen LogP) is 4.43. The van der Waals surface area contributed by atoms with Crippen molar-refractivity contribution in [1.29, 1.82) is 0 Å². The summed E-state index contributed by atoms with van der Waals surface area (Å²) in [4.78, 5) is 12.2. The fourth-order valence-electron chi connectivity index (χ4n) is 2.60. The second kappa shape index (κ2) is 8.86. The molecule has 0 heterocycles. The molecule has 0 aliphatic heterocycles. The van der Waals surface area contributed by atoms with Crippen LogP contribution in [0.3, 0.4) is 0 Å². The number of amides is 1. The van der Waals surface area contributed by atoms with Crippen molar-refractivity contribution in [3.05, 3.63) is 70.2 Å². The number of benzene rings is 2. The van der Waals surface area contributed by atoms with Crippen LogP contribution in [-0.2, 0) is 11.2 Å².